The van der Waals surface area contributed by atoms with Gasteiger partial charge in [0.2, 0.25) is 0 Å². The van der Waals surface area contributed by atoms with E-state index in [0.29, 0.717) is 10.8 Å². The van der Waals surface area contributed by atoms with E-state index in [4.69, 9.17) is 4.55 Å². The van der Waals surface area contributed by atoms with E-state index in [-0.39, 0.29) is 0 Å². The molecule has 3 N–H and O–H groups in total. The van der Waals surface area contributed by atoms with Gasteiger partial charge in [-0.1, -0.05) is 12.1 Å². The molecule has 0 amide bonds. The lowest BCUT2D eigenvalue weighted by Gasteiger charge is -2.07. The Morgan fingerprint density at radius 3 is 2.55 bits per heavy atom. The van der Waals surface area contributed by atoms with E-state index < -0.39 is 20.8 Å². The van der Waals surface area contributed by atoms with Crippen LogP contribution in [0.4, 0.5) is 0 Å². The lowest BCUT2D eigenvalue weighted by Crippen LogP contribution is -1.98. The number of fused-ring (bicyclic) bond motifs is 1. The van der Waals surface area contributed by atoms with E-state index in [0.717, 1.165) is 11.3 Å². The summed E-state index contributed by atoms with van der Waals surface area (Å²) >= 11 is 0. The molecule has 1 heterocycles. The van der Waals surface area contributed by atoms with Gasteiger partial charge in [0.15, 0.2) is 0 Å². The van der Waals surface area contributed by atoms with Gasteiger partial charge in [0, 0.05) is 17.1 Å². The molecule has 3 rings (SSSR count). The summed E-state index contributed by atoms with van der Waals surface area (Å²) in [5.74, 6) is -0.457. The molecular weight excluding hydrogens is 280 g/mol. The van der Waals surface area contributed by atoms with Crippen molar-refractivity contribution in [1.82, 2.24) is 10.2 Å². The number of aromatic amines is 1. The fourth-order valence-electron chi connectivity index (χ4n) is 2.09. The number of rotatable bonds is 2. The maximum atomic E-state index is 11.1. The molecule has 0 aliphatic rings. The highest BCUT2D eigenvalue weighted by Crippen LogP contribution is 2.33. The van der Waals surface area contributed by atoms with E-state index in [1.165, 1.54) is 12.1 Å². The molecule has 0 atom stereocenters. The molecule has 0 spiro atoms. The zero-order valence-electron chi connectivity index (χ0n) is 10.1. The number of phenols is 1. The van der Waals surface area contributed by atoms with Crippen LogP contribution in [0.25, 0.3) is 22.0 Å². The summed E-state index contributed by atoms with van der Waals surface area (Å²) < 4.78 is 31.3. The molecule has 20 heavy (non-hydrogen) atoms. The average Bonchev–Trinajstić information content (AvgIpc) is 2.91. The first kappa shape index (κ1) is 12.6. The Kier molecular flexibility index (Phi) is 2.73. The predicted molar refractivity (Wildman–Crippen MR) is 73.0 cm³/mol. The van der Waals surface area contributed by atoms with Gasteiger partial charge in [-0.05, 0) is 29.7 Å². The van der Waals surface area contributed by atoms with E-state index in [1.54, 1.807) is 30.5 Å². The molecule has 0 aliphatic heterocycles. The van der Waals surface area contributed by atoms with Crippen molar-refractivity contribution < 1.29 is 18.1 Å². The topological polar surface area (TPSA) is 103 Å². The fourth-order valence-corrected chi connectivity index (χ4v) is 2.68. The minimum absolute atomic E-state index is 0.350. The smallest absolute Gasteiger partial charge is 0.298 e. The van der Waals surface area contributed by atoms with Gasteiger partial charge in [0.1, 0.15) is 10.6 Å². The summed E-state index contributed by atoms with van der Waals surface area (Å²) in [5.41, 5.74) is 1.67. The van der Waals surface area contributed by atoms with Crippen molar-refractivity contribution >= 4 is 20.9 Å². The number of phenolic OH excluding ortho intramolecular Hbond substituents is 1. The van der Waals surface area contributed by atoms with Gasteiger partial charge >= 0.3 is 0 Å². The van der Waals surface area contributed by atoms with Crippen LogP contribution in [-0.2, 0) is 10.1 Å². The number of benzene rings is 2. The molecule has 0 radical (unpaired) electrons. The normalized spacial score (nSPS) is 11.8. The van der Waals surface area contributed by atoms with Crippen LogP contribution < -0.4 is 0 Å². The van der Waals surface area contributed by atoms with Gasteiger partial charge < -0.3 is 5.11 Å². The van der Waals surface area contributed by atoms with Crippen LogP contribution >= 0.6 is 0 Å². The Morgan fingerprint density at radius 1 is 1.10 bits per heavy atom. The second-order valence-corrected chi connectivity index (χ2v) is 5.68. The molecular formula is C13H10N2O4S. The molecule has 0 fully saturated rings. The fraction of sp³-hybridized carbons (Fsp3) is 0. The molecule has 102 valence electrons. The highest BCUT2D eigenvalue weighted by atomic mass is 32.2. The Hall–Kier alpha value is -2.38. The highest BCUT2D eigenvalue weighted by Gasteiger charge is 2.17. The van der Waals surface area contributed by atoms with Gasteiger partial charge in [-0.25, -0.2) is 0 Å². The number of nitrogens with zero attached hydrogens (tertiary/aromatic N) is 1. The number of H-pyrrole nitrogens is 1. The second kappa shape index (κ2) is 4.32. The zero-order valence-corrected chi connectivity index (χ0v) is 10.9. The Bertz CT molecular complexity index is 886. The summed E-state index contributed by atoms with van der Waals surface area (Å²) in [7, 11) is -4.44. The van der Waals surface area contributed by atoms with Crippen molar-refractivity contribution in [2.24, 2.45) is 0 Å². The lowest BCUT2D eigenvalue weighted by molar-refractivity contribution is 0.448. The minimum Gasteiger partial charge on any atom is -0.506 e. The van der Waals surface area contributed by atoms with Gasteiger partial charge in [0.25, 0.3) is 10.1 Å². The lowest BCUT2D eigenvalue weighted by atomic mass is 10.0. The Balaban J connectivity index is 2.24. The number of aromatic nitrogens is 2. The SMILES string of the molecule is O=S(=O)(O)c1ccc2cc(-c3ccn[nH]3)ccc2c1O. The first-order valence-corrected chi connectivity index (χ1v) is 7.14. The molecule has 0 unspecified atom stereocenters. The number of hydrogen-bond donors (Lipinski definition) is 3. The molecule has 3 aromatic rings. The number of hydrogen-bond acceptors (Lipinski definition) is 4. The third kappa shape index (κ3) is 2.02. The van der Waals surface area contributed by atoms with Crippen molar-refractivity contribution in [3.63, 3.8) is 0 Å². The zero-order chi connectivity index (χ0) is 14.3. The van der Waals surface area contributed by atoms with E-state index in [9.17, 15) is 13.5 Å². The van der Waals surface area contributed by atoms with Crippen molar-refractivity contribution in [3.05, 3.63) is 42.6 Å². The molecule has 7 heteroatoms. The highest BCUT2D eigenvalue weighted by molar-refractivity contribution is 7.86. The average molecular weight is 290 g/mol. The monoisotopic (exact) mass is 290 g/mol. The van der Waals surface area contributed by atoms with Crippen molar-refractivity contribution in [3.8, 4) is 17.0 Å². The van der Waals surface area contributed by atoms with Crippen LogP contribution in [0.1, 0.15) is 0 Å². The molecule has 0 aliphatic carbocycles. The van der Waals surface area contributed by atoms with Gasteiger partial charge in [-0.2, -0.15) is 13.5 Å². The van der Waals surface area contributed by atoms with Crippen molar-refractivity contribution in [1.29, 1.82) is 0 Å². The summed E-state index contributed by atoms with van der Waals surface area (Å²) in [6, 6.07) is 9.60. The summed E-state index contributed by atoms with van der Waals surface area (Å²) in [4.78, 5) is -0.501. The minimum atomic E-state index is -4.44. The quantitative estimate of drug-likeness (QED) is 0.628. The van der Waals surface area contributed by atoms with Crippen LogP contribution in [0.5, 0.6) is 5.75 Å². The Labute approximate surface area is 114 Å². The molecule has 1 aromatic heterocycles. The molecule has 0 saturated carbocycles. The predicted octanol–water partition coefficient (Wildman–Crippen LogP) is 2.18. The van der Waals surface area contributed by atoms with E-state index in [1.807, 2.05) is 0 Å². The maximum absolute atomic E-state index is 11.1. The molecule has 0 saturated heterocycles. The summed E-state index contributed by atoms with van der Waals surface area (Å²) in [6.45, 7) is 0. The molecule has 2 aromatic carbocycles. The Morgan fingerprint density at radius 2 is 1.90 bits per heavy atom. The number of nitrogens with one attached hydrogen (secondary N) is 1. The van der Waals surface area contributed by atoms with Crippen LogP contribution in [0.3, 0.4) is 0 Å². The summed E-state index contributed by atoms with van der Waals surface area (Å²) in [5, 5.41) is 17.6. The number of aromatic hydroxyl groups is 1. The first-order chi connectivity index (χ1) is 9.47. The first-order valence-electron chi connectivity index (χ1n) is 5.70. The van der Waals surface area contributed by atoms with Crippen LogP contribution in [0.2, 0.25) is 0 Å². The third-order valence-electron chi connectivity index (χ3n) is 3.04. The van der Waals surface area contributed by atoms with E-state index in [2.05, 4.69) is 10.2 Å². The largest absolute Gasteiger partial charge is 0.506 e. The second-order valence-electron chi connectivity index (χ2n) is 4.29. The van der Waals surface area contributed by atoms with E-state index >= 15 is 0 Å². The summed E-state index contributed by atoms with van der Waals surface area (Å²) in [6.07, 6.45) is 1.62. The van der Waals surface area contributed by atoms with Gasteiger partial charge in [-0.3, -0.25) is 9.65 Å². The third-order valence-corrected chi connectivity index (χ3v) is 3.93. The van der Waals surface area contributed by atoms with Crippen LogP contribution in [0, 0.1) is 0 Å². The molecule has 6 nitrogen and oxygen atoms in total. The van der Waals surface area contributed by atoms with Gasteiger partial charge in [-0.15, -0.1) is 0 Å². The van der Waals surface area contributed by atoms with Gasteiger partial charge in [0.05, 0.1) is 5.69 Å². The molecule has 0 bridgehead atoms. The van der Waals surface area contributed by atoms with Crippen molar-refractivity contribution in [2.45, 2.75) is 4.90 Å². The maximum Gasteiger partial charge on any atom is 0.298 e. The standard InChI is InChI=1S/C13H10N2O4S/c16-13-10-3-1-9(11-5-6-14-15-11)7-8(10)2-4-12(13)20(17,18)19/h1-7,16H,(H,14,15)(H,17,18,19). The van der Waals surface area contributed by atoms with Crippen LogP contribution in [-0.4, -0.2) is 28.3 Å². The van der Waals surface area contributed by atoms with Crippen molar-refractivity contribution in [2.75, 3.05) is 0 Å². The van der Waals surface area contributed by atoms with Crippen LogP contribution in [0.15, 0.2) is 47.5 Å².